The topological polar surface area (TPSA) is 491 Å². The van der Waals surface area contributed by atoms with E-state index in [0.717, 1.165) is 13.8 Å². The molecule has 0 bridgehead atoms. The van der Waals surface area contributed by atoms with Gasteiger partial charge in [-0.05, 0) is 65.0 Å². The molecule has 1 rings (SSSR count). The van der Waals surface area contributed by atoms with Crippen molar-refractivity contribution in [3.05, 3.63) is 35.9 Å². The molecule has 0 fully saturated rings. The first-order valence-electron chi connectivity index (χ1n) is 23.6. The number of carbonyl (C=O) groups excluding carboxylic acids is 9. The summed E-state index contributed by atoms with van der Waals surface area (Å²) in [6.07, 6.45) is -6.08. The Morgan fingerprint density at radius 2 is 0.919 bits per heavy atom. The average Bonchev–Trinajstić information content (AvgIpc) is 3.31. The summed E-state index contributed by atoms with van der Waals surface area (Å²) in [6, 6.07) is -6.22. The first kappa shape index (κ1) is 65.0. The fourth-order valence-corrected chi connectivity index (χ4v) is 6.98. The number of aliphatic carboxylic acids is 1. The Hall–Kier alpha value is -7.05. The summed E-state index contributed by atoms with van der Waals surface area (Å²) in [6.45, 7) is 4.79. The molecule has 12 atom stereocenters. The van der Waals surface area contributed by atoms with Gasteiger partial charge in [0.1, 0.15) is 54.4 Å². The summed E-state index contributed by atoms with van der Waals surface area (Å²) in [5.74, 6) is -11.5. The van der Waals surface area contributed by atoms with Crippen LogP contribution in [-0.2, 0) is 54.4 Å². The van der Waals surface area contributed by atoms with Crippen LogP contribution in [0, 0.1) is 5.92 Å². The summed E-state index contributed by atoms with van der Waals surface area (Å²) in [7, 11) is 1.38. The Balaban J connectivity index is 3.33. The first-order chi connectivity index (χ1) is 34.7. The van der Waals surface area contributed by atoms with E-state index in [1.54, 1.807) is 44.2 Å². The fourth-order valence-electron chi connectivity index (χ4n) is 6.98. The van der Waals surface area contributed by atoms with Gasteiger partial charge in [-0.3, -0.25) is 52.9 Å². The lowest BCUT2D eigenvalue weighted by Crippen LogP contribution is -2.63. The number of hydrogen-bond donors (Lipinski definition) is 18. The molecular weight excluding hydrogens is 979 g/mol. The number of aliphatic hydroxyl groups excluding tert-OH is 5. The van der Waals surface area contributed by atoms with Gasteiger partial charge in [0.2, 0.25) is 53.2 Å². The Morgan fingerprint density at radius 3 is 1.34 bits per heavy atom. The molecule has 0 saturated carbocycles. The molecular formula is C45H75N13O16. The van der Waals surface area contributed by atoms with Crippen molar-refractivity contribution in [2.75, 3.05) is 26.8 Å². The molecule has 0 aromatic heterocycles. The van der Waals surface area contributed by atoms with Gasteiger partial charge in [0.15, 0.2) is 5.96 Å². The van der Waals surface area contributed by atoms with Gasteiger partial charge < -0.3 is 95.7 Å². The summed E-state index contributed by atoms with van der Waals surface area (Å²) in [5.41, 5.74) is 16.8. The number of carboxylic acid groups (broad SMARTS) is 1. The molecule has 0 aliphatic rings. The molecule has 0 saturated heterocycles. The van der Waals surface area contributed by atoms with Crippen LogP contribution >= 0.6 is 0 Å². The number of nitrogens with two attached hydrogens (primary N) is 3. The van der Waals surface area contributed by atoms with Gasteiger partial charge in [0, 0.05) is 19.4 Å². The number of rotatable bonds is 34. The number of carbonyl (C=O) groups is 10. The van der Waals surface area contributed by atoms with Gasteiger partial charge in [-0.25, -0.2) is 0 Å². The van der Waals surface area contributed by atoms with Gasteiger partial charge >= 0.3 is 5.97 Å². The second kappa shape index (κ2) is 32.9. The van der Waals surface area contributed by atoms with Crippen LogP contribution in [0.2, 0.25) is 0 Å². The van der Waals surface area contributed by atoms with E-state index in [9.17, 15) is 78.6 Å². The van der Waals surface area contributed by atoms with Crippen molar-refractivity contribution in [1.29, 1.82) is 0 Å². The normalized spacial score (nSPS) is 16.0. The van der Waals surface area contributed by atoms with Crippen molar-refractivity contribution in [3.8, 4) is 0 Å². The van der Waals surface area contributed by atoms with Crippen LogP contribution in [0.1, 0.15) is 72.3 Å². The molecule has 21 N–H and O–H groups in total. The highest BCUT2D eigenvalue weighted by Gasteiger charge is 2.37. The lowest BCUT2D eigenvalue weighted by Gasteiger charge is -2.29. The zero-order valence-corrected chi connectivity index (χ0v) is 42.2. The van der Waals surface area contributed by atoms with Crippen molar-refractivity contribution in [2.24, 2.45) is 28.1 Å². The van der Waals surface area contributed by atoms with E-state index in [0.29, 0.717) is 5.56 Å². The van der Waals surface area contributed by atoms with E-state index in [2.05, 4.69) is 52.8 Å². The number of hydrogen-bond acceptors (Lipinski definition) is 17. The number of primary amides is 1. The van der Waals surface area contributed by atoms with E-state index in [-0.39, 0.29) is 44.1 Å². The molecule has 0 aliphatic heterocycles. The van der Waals surface area contributed by atoms with Crippen molar-refractivity contribution in [2.45, 2.75) is 146 Å². The molecule has 0 heterocycles. The highest BCUT2D eigenvalue weighted by molar-refractivity contribution is 5.98. The van der Waals surface area contributed by atoms with Gasteiger partial charge in [-0.1, -0.05) is 44.2 Å². The molecule has 0 radical (unpaired) electrons. The van der Waals surface area contributed by atoms with Crippen molar-refractivity contribution in [1.82, 2.24) is 47.9 Å². The van der Waals surface area contributed by atoms with Gasteiger partial charge in [-0.2, -0.15) is 0 Å². The maximum Gasteiger partial charge on any atom is 0.303 e. The van der Waals surface area contributed by atoms with Crippen LogP contribution in [0.5, 0.6) is 0 Å². The summed E-state index contributed by atoms with van der Waals surface area (Å²) >= 11 is 0. The number of carboxylic acids is 1. The standard InChI is InChI=1S/C45H75N13O16/c1-21(2)17-28(36(46)66)53-39(69)29(18-25-11-8-7-9-12-25)54-44(74)35(24(5)63)57-38(68)27(14-15-32(64)65)52-43(73)34(23(4)62)58-41(71)31(20-60)56-40(70)30(19-59)55-37(67)26(13-10-16-50-45(47)48)51-42(72)33(49-6)22(3)61/h7-9,11-12,21-24,26-31,33-35,49,59-63H,10,13-20H2,1-6H3,(H2,46,66)(H,51,72)(H,52,73)(H,53,69)(H,54,74)(H,55,67)(H,56,70)(H,57,68)(H,58,71)(H,64,65)(H4,47,48,50)/t22-,23-,24-,26+,27+,28+,29+,30+,31+,33+,34+,35+/m1/s1. The second-order valence-corrected chi connectivity index (χ2v) is 17.8. The summed E-state index contributed by atoms with van der Waals surface area (Å²) in [5, 5.41) is 81.7. The zero-order chi connectivity index (χ0) is 56.4. The molecule has 74 heavy (non-hydrogen) atoms. The van der Waals surface area contributed by atoms with Crippen LogP contribution in [-0.4, -0.2) is 195 Å². The van der Waals surface area contributed by atoms with Crippen LogP contribution in [0.4, 0.5) is 0 Å². The molecule has 0 unspecified atom stereocenters. The van der Waals surface area contributed by atoms with Gasteiger partial charge in [-0.15, -0.1) is 0 Å². The molecule has 0 spiro atoms. The molecule has 29 heteroatoms. The van der Waals surface area contributed by atoms with E-state index in [1.165, 1.54) is 14.0 Å². The maximum atomic E-state index is 13.8. The zero-order valence-electron chi connectivity index (χ0n) is 42.2. The monoisotopic (exact) mass is 1050 g/mol. The number of amides is 9. The number of nitrogens with one attached hydrogen (secondary N) is 9. The smallest absolute Gasteiger partial charge is 0.303 e. The van der Waals surface area contributed by atoms with E-state index >= 15 is 0 Å². The SMILES string of the molecule is CN[C@H](C(=O)N[C@@H](CCCN=C(N)N)C(=O)N[C@@H](CO)C(=O)N[C@@H](CO)C(=O)N[C@H](C(=O)N[C@@H](CCC(=O)O)C(=O)N[C@H](C(=O)N[C@@H](Cc1ccccc1)C(=O)N[C@@H](CC(C)C)C(N)=O)[C@@H](C)O)[C@@H](C)O)[C@@H](C)O. The molecule has 1 aromatic carbocycles. The number of benzene rings is 1. The van der Waals surface area contributed by atoms with E-state index in [1.807, 2.05) is 0 Å². The summed E-state index contributed by atoms with van der Waals surface area (Å²) < 4.78 is 0. The third kappa shape index (κ3) is 23.2. The van der Waals surface area contributed by atoms with Crippen molar-refractivity contribution < 1.29 is 78.6 Å². The maximum absolute atomic E-state index is 13.8. The van der Waals surface area contributed by atoms with Crippen molar-refractivity contribution in [3.63, 3.8) is 0 Å². The largest absolute Gasteiger partial charge is 0.481 e. The predicted molar refractivity (Wildman–Crippen MR) is 263 cm³/mol. The Kier molecular flexibility index (Phi) is 28.9. The highest BCUT2D eigenvalue weighted by Crippen LogP contribution is 2.10. The van der Waals surface area contributed by atoms with Crippen LogP contribution in [0.3, 0.4) is 0 Å². The second-order valence-electron chi connectivity index (χ2n) is 17.8. The van der Waals surface area contributed by atoms with Crippen molar-refractivity contribution >= 4 is 65.1 Å². The highest BCUT2D eigenvalue weighted by atomic mass is 16.4. The Morgan fingerprint density at radius 1 is 0.527 bits per heavy atom. The molecule has 0 aliphatic carbocycles. The van der Waals surface area contributed by atoms with Gasteiger partial charge in [0.25, 0.3) is 0 Å². The third-order valence-corrected chi connectivity index (χ3v) is 11.0. The number of likely N-dealkylation sites (N-methyl/N-ethyl adjacent to an activating group) is 1. The minimum absolute atomic E-state index is 0.0232. The fraction of sp³-hybridized carbons (Fsp3) is 0.622. The number of aliphatic hydroxyl groups is 5. The molecule has 29 nitrogen and oxygen atoms in total. The Labute approximate surface area is 427 Å². The lowest BCUT2D eigenvalue weighted by atomic mass is 10.0. The Bertz CT molecular complexity index is 2070. The van der Waals surface area contributed by atoms with Gasteiger partial charge in [0.05, 0.1) is 31.5 Å². The minimum atomic E-state index is -2.00. The van der Waals surface area contributed by atoms with E-state index < -0.39 is 158 Å². The minimum Gasteiger partial charge on any atom is -0.481 e. The molecule has 9 amide bonds. The lowest BCUT2D eigenvalue weighted by molar-refractivity contribution is -0.140. The molecule has 1 aromatic rings. The van der Waals surface area contributed by atoms with Crippen LogP contribution in [0.15, 0.2) is 35.3 Å². The molecule has 416 valence electrons. The number of nitrogens with zero attached hydrogens (tertiary/aromatic N) is 1. The first-order valence-corrected chi connectivity index (χ1v) is 23.6. The number of aliphatic imine (C=N–C) groups is 1. The average molecular weight is 1050 g/mol. The number of guanidine groups is 1. The van der Waals surface area contributed by atoms with Crippen LogP contribution < -0.4 is 65.1 Å². The summed E-state index contributed by atoms with van der Waals surface area (Å²) in [4.78, 5) is 136. The van der Waals surface area contributed by atoms with Crippen LogP contribution in [0.25, 0.3) is 0 Å². The predicted octanol–water partition coefficient (Wildman–Crippen LogP) is -7.73. The third-order valence-electron chi connectivity index (χ3n) is 11.0. The quantitative estimate of drug-likeness (QED) is 0.0173. The van der Waals surface area contributed by atoms with E-state index in [4.69, 9.17) is 17.2 Å².